The number of nitrogens with one attached hydrogen (secondary N) is 1. The second-order valence-electron chi connectivity index (χ2n) is 5.58. The number of carbonyl (C=O) groups is 1. The lowest BCUT2D eigenvalue weighted by molar-refractivity contribution is 0.0935. The van der Waals surface area contributed by atoms with E-state index in [1.54, 1.807) is 7.11 Å². The standard InChI is InChI=1S/C19H23NO2/c1-5-18(15-6-8-17(22-4)9-7-15)20-19(21)16-11-13(2)10-14(3)12-16/h6-12,18H,5H2,1-4H3,(H,20,21)/t18-/m0/s1. The summed E-state index contributed by atoms with van der Waals surface area (Å²) in [5.41, 5.74) is 4.00. The Morgan fingerprint density at radius 3 is 2.18 bits per heavy atom. The smallest absolute Gasteiger partial charge is 0.251 e. The molecule has 2 aromatic rings. The predicted molar refractivity (Wildman–Crippen MR) is 89.4 cm³/mol. The van der Waals surface area contributed by atoms with Crippen molar-refractivity contribution in [3.8, 4) is 5.75 Å². The van der Waals surface area contributed by atoms with Crippen LogP contribution in [0.3, 0.4) is 0 Å². The fourth-order valence-electron chi connectivity index (χ4n) is 2.60. The number of benzene rings is 2. The van der Waals surface area contributed by atoms with E-state index in [1.165, 1.54) is 0 Å². The van der Waals surface area contributed by atoms with Crippen LogP contribution in [0.25, 0.3) is 0 Å². The fraction of sp³-hybridized carbons (Fsp3) is 0.316. The van der Waals surface area contributed by atoms with Gasteiger partial charge in [-0.3, -0.25) is 4.79 Å². The molecule has 2 rings (SSSR count). The Balaban J connectivity index is 2.16. The number of methoxy groups -OCH3 is 1. The van der Waals surface area contributed by atoms with Crippen LogP contribution in [0.5, 0.6) is 5.75 Å². The minimum Gasteiger partial charge on any atom is -0.497 e. The number of rotatable bonds is 5. The van der Waals surface area contributed by atoms with E-state index in [9.17, 15) is 4.79 Å². The third kappa shape index (κ3) is 3.88. The van der Waals surface area contributed by atoms with Gasteiger partial charge < -0.3 is 10.1 Å². The lowest BCUT2D eigenvalue weighted by Gasteiger charge is -2.18. The molecule has 116 valence electrons. The van der Waals surface area contributed by atoms with Crippen molar-refractivity contribution in [2.45, 2.75) is 33.2 Å². The molecule has 0 spiro atoms. The molecule has 2 aromatic carbocycles. The zero-order chi connectivity index (χ0) is 16.1. The van der Waals surface area contributed by atoms with Crippen LogP contribution in [0.15, 0.2) is 42.5 Å². The SMILES string of the molecule is CC[C@H](NC(=O)c1cc(C)cc(C)c1)c1ccc(OC)cc1. The highest BCUT2D eigenvalue weighted by atomic mass is 16.5. The molecule has 0 fully saturated rings. The maximum absolute atomic E-state index is 12.5. The van der Waals surface area contributed by atoms with Crippen LogP contribution < -0.4 is 10.1 Å². The van der Waals surface area contributed by atoms with Crippen molar-refractivity contribution < 1.29 is 9.53 Å². The van der Waals surface area contributed by atoms with Gasteiger partial charge in [0, 0.05) is 5.56 Å². The highest BCUT2D eigenvalue weighted by Gasteiger charge is 2.14. The van der Waals surface area contributed by atoms with E-state index in [1.807, 2.05) is 50.2 Å². The van der Waals surface area contributed by atoms with Crippen LogP contribution in [-0.4, -0.2) is 13.0 Å². The maximum atomic E-state index is 12.5. The van der Waals surface area contributed by atoms with Gasteiger partial charge in [0.2, 0.25) is 0 Å². The van der Waals surface area contributed by atoms with E-state index in [-0.39, 0.29) is 11.9 Å². The first kappa shape index (κ1) is 16.1. The minimum atomic E-state index is -0.0329. The summed E-state index contributed by atoms with van der Waals surface area (Å²) in [7, 11) is 1.65. The van der Waals surface area contributed by atoms with Crippen LogP contribution >= 0.6 is 0 Å². The molecule has 0 saturated heterocycles. The molecular weight excluding hydrogens is 274 g/mol. The predicted octanol–water partition coefficient (Wildman–Crippen LogP) is 4.19. The first-order valence-corrected chi connectivity index (χ1v) is 7.56. The highest BCUT2D eigenvalue weighted by molar-refractivity contribution is 5.94. The second-order valence-corrected chi connectivity index (χ2v) is 5.58. The van der Waals surface area contributed by atoms with Crippen molar-refractivity contribution >= 4 is 5.91 Å². The average molecular weight is 297 g/mol. The van der Waals surface area contributed by atoms with Crippen molar-refractivity contribution in [3.05, 3.63) is 64.7 Å². The zero-order valence-corrected chi connectivity index (χ0v) is 13.6. The van der Waals surface area contributed by atoms with Crippen molar-refractivity contribution in [1.82, 2.24) is 5.32 Å². The summed E-state index contributed by atoms with van der Waals surface area (Å²) in [6, 6.07) is 13.7. The molecule has 0 aromatic heterocycles. The van der Waals surface area contributed by atoms with Gasteiger partial charge in [0.25, 0.3) is 5.91 Å². The van der Waals surface area contributed by atoms with Crippen molar-refractivity contribution in [2.75, 3.05) is 7.11 Å². The molecule has 0 bridgehead atoms. The summed E-state index contributed by atoms with van der Waals surface area (Å²) >= 11 is 0. The fourth-order valence-corrected chi connectivity index (χ4v) is 2.60. The van der Waals surface area contributed by atoms with E-state index < -0.39 is 0 Å². The van der Waals surface area contributed by atoms with Gasteiger partial charge in [-0.25, -0.2) is 0 Å². The van der Waals surface area contributed by atoms with E-state index in [0.717, 1.165) is 28.9 Å². The van der Waals surface area contributed by atoms with E-state index in [2.05, 4.69) is 18.3 Å². The van der Waals surface area contributed by atoms with Crippen LogP contribution in [-0.2, 0) is 0 Å². The van der Waals surface area contributed by atoms with Gasteiger partial charge >= 0.3 is 0 Å². The van der Waals surface area contributed by atoms with Crippen LogP contribution in [0, 0.1) is 13.8 Å². The molecule has 3 heteroatoms. The Kier molecular flexibility index (Phi) is 5.21. The zero-order valence-electron chi connectivity index (χ0n) is 13.6. The molecule has 0 aliphatic heterocycles. The molecule has 0 aliphatic carbocycles. The Morgan fingerprint density at radius 1 is 1.09 bits per heavy atom. The highest BCUT2D eigenvalue weighted by Crippen LogP contribution is 2.21. The Morgan fingerprint density at radius 2 is 1.68 bits per heavy atom. The third-order valence-electron chi connectivity index (χ3n) is 3.72. The molecule has 22 heavy (non-hydrogen) atoms. The molecule has 0 aliphatic rings. The van der Waals surface area contributed by atoms with E-state index >= 15 is 0 Å². The molecule has 3 nitrogen and oxygen atoms in total. The number of hydrogen-bond acceptors (Lipinski definition) is 2. The number of aryl methyl sites for hydroxylation is 2. The summed E-state index contributed by atoms with van der Waals surface area (Å²) < 4.78 is 5.17. The van der Waals surface area contributed by atoms with Gasteiger partial charge in [-0.05, 0) is 50.1 Å². The summed E-state index contributed by atoms with van der Waals surface area (Å²) in [6.45, 7) is 6.08. The molecule has 0 radical (unpaired) electrons. The molecular formula is C19H23NO2. The quantitative estimate of drug-likeness (QED) is 0.898. The Bertz CT molecular complexity index is 627. The average Bonchev–Trinajstić information content (AvgIpc) is 2.51. The largest absolute Gasteiger partial charge is 0.497 e. The van der Waals surface area contributed by atoms with Crippen molar-refractivity contribution in [2.24, 2.45) is 0 Å². The molecule has 0 heterocycles. The Hall–Kier alpha value is -2.29. The second kappa shape index (κ2) is 7.12. The number of hydrogen-bond donors (Lipinski definition) is 1. The third-order valence-corrected chi connectivity index (χ3v) is 3.72. The molecule has 1 amide bonds. The lowest BCUT2D eigenvalue weighted by Crippen LogP contribution is -2.28. The number of amides is 1. The first-order valence-electron chi connectivity index (χ1n) is 7.56. The normalized spacial score (nSPS) is 11.8. The molecule has 0 unspecified atom stereocenters. The van der Waals surface area contributed by atoms with Gasteiger partial charge in [-0.1, -0.05) is 36.2 Å². The van der Waals surface area contributed by atoms with Gasteiger partial charge in [0.15, 0.2) is 0 Å². The van der Waals surface area contributed by atoms with Crippen LogP contribution in [0.4, 0.5) is 0 Å². The molecule has 1 N–H and O–H groups in total. The van der Waals surface area contributed by atoms with Gasteiger partial charge in [-0.2, -0.15) is 0 Å². The lowest BCUT2D eigenvalue weighted by atomic mass is 10.0. The Labute approximate surface area is 132 Å². The van der Waals surface area contributed by atoms with Gasteiger partial charge in [0.1, 0.15) is 5.75 Å². The summed E-state index contributed by atoms with van der Waals surface area (Å²) in [5.74, 6) is 0.786. The number of ether oxygens (including phenoxy) is 1. The maximum Gasteiger partial charge on any atom is 0.251 e. The first-order chi connectivity index (χ1) is 10.5. The van der Waals surface area contributed by atoms with Gasteiger partial charge in [-0.15, -0.1) is 0 Å². The number of carbonyl (C=O) groups excluding carboxylic acids is 1. The van der Waals surface area contributed by atoms with Crippen molar-refractivity contribution in [1.29, 1.82) is 0 Å². The van der Waals surface area contributed by atoms with Crippen LogP contribution in [0.1, 0.15) is 46.4 Å². The minimum absolute atomic E-state index is 0.000718. The summed E-state index contributed by atoms with van der Waals surface area (Å²) in [4.78, 5) is 12.5. The molecule has 0 saturated carbocycles. The monoisotopic (exact) mass is 297 g/mol. The van der Waals surface area contributed by atoms with E-state index in [0.29, 0.717) is 5.56 Å². The summed E-state index contributed by atoms with van der Waals surface area (Å²) in [6.07, 6.45) is 0.836. The molecule has 1 atom stereocenters. The summed E-state index contributed by atoms with van der Waals surface area (Å²) in [5, 5.41) is 3.11. The topological polar surface area (TPSA) is 38.3 Å². The van der Waals surface area contributed by atoms with E-state index in [4.69, 9.17) is 4.74 Å². The van der Waals surface area contributed by atoms with Gasteiger partial charge in [0.05, 0.1) is 13.2 Å². The van der Waals surface area contributed by atoms with Crippen LogP contribution in [0.2, 0.25) is 0 Å². The van der Waals surface area contributed by atoms with Crippen molar-refractivity contribution in [3.63, 3.8) is 0 Å².